The van der Waals surface area contributed by atoms with E-state index in [2.05, 4.69) is 107 Å². The summed E-state index contributed by atoms with van der Waals surface area (Å²) in [4.78, 5) is 0. The zero-order valence-electron chi connectivity index (χ0n) is 28.2. The fourth-order valence-corrected chi connectivity index (χ4v) is 9.79. The van der Waals surface area contributed by atoms with E-state index >= 15 is 0 Å². The van der Waals surface area contributed by atoms with Crippen molar-refractivity contribution < 1.29 is 8.85 Å². The van der Waals surface area contributed by atoms with Crippen LogP contribution in [0.4, 0.5) is 0 Å². The summed E-state index contributed by atoms with van der Waals surface area (Å²) in [6.07, 6.45) is 15.2. The van der Waals surface area contributed by atoms with Crippen LogP contribution in [0.3, 0.4) is 0 Å². The summed E-state index contributed by atoms with van der Waals surface area (Å²) in [6, 6.07) is 0. The standard InChI is InChI=1S/C35H64O2Si2/c1-15-25(2)29-20-21-30-28(17-16-22-35(29,30)10)19-18-27-23-31(36-38(11,12)33(4,5)6)26(3)32(24-27)37-39(13,14)34(7,8)9/h18-19,25,29-32H,3,15-17,20-24H2,1-2,4-14H3/b28-19+/t25-,29?,30?,31-,32-,35-/m1/s1. The molecule has 0 spiro atoms. The molecule has 39 heavy (non-hydrogen) atoms. The van der Waals surface area contributed by atoms with Gasteiger partial charge in [-0.15, -0.1) is 0 Å². The zero-order chi connectivity index (χ0) is 29.6. The fraction of sp³-hybridized carbons (Fsp3) is 0.829. The molecule has 0 radical (unpaired) electrons. The monoisotopic (exact) mass is 572 g/mol. The van der Waals surface area contributed by atoms with Gasteiger partial charge in [0.05, 0.1) is 12.2 Å². The molecule has 0 aromatic rings. The number of hydrogen-bond donors (Lipinski definition) is 0. The molecule has 3 aliphatic rings. The molecule has 3 fully saturated rings. The van der Waals surface area contributed by atoms with E-state index in [1.54, 1.807) is 5.57 Å². The van der Waals surface area contributed by atoms with Gasteiger partial charge in [0.2, 0.25) is 0 Å². The average molecular weight is 573 g/mol. The van der Waals surface area contributed by atoms with Crippen LogP contribution in [0, 0.1) is 23.2 Å². The van der Waals surface area contributed by atoms with Crippen molar-refractivity contribution in [2.45, 2.75) is 162 Å². The summed E-state index contributed by atoms with van der Waals surface area (Å²) >= 11 is 0. The highest BCUT2D eigenvalue weighted by Crippen LogP contribution is 2.59. The van der Waals surface area contributed by atoms with E-state index in [1.807, 2.05) is 0 Å². The smallest absolute Gasteiger partial charge is 0.192 e. The van der Waals surface area contributed by atoms with Gasteiger partial charge in [-0.2, -0.15) is 0 Å². The molecule has 3 aliphatic carbocycles. The van der Waals surface area contributed by atoms with Gasteiger partial charge >= 0.3 is 0 Å². The first-order chi connectivity index (χ1) is 17.7. The van der Waals surface area contributed by atoms with Gasteiger partial charge < -0.3 is 8.85 Å². The largest absolute Gasteiger partial charge is 0.410 e. The van der Waals surface area contributed by atoms with Gasteiger partial charge in [0, 0.05) is 0 Å². The molecule has 0 heterocycles. The second kappa shape index (κ2) is 11.7. The molecule has 6 atom stereocenters. The molecule has 0 aliphatic heterocycles. The van der Waals surface area contributed by atoms with Crippen molar-refractivity contribution in [1.82, 2.24) is 0 Å². The lowest BCUT2D eigenvalue weighted by molar-refractivity contribution is 0.0961. The molecule has 3 rings (SSSR count). The molecule has 3 saturated carbocycles. The van der Waals surface area contributed by atoms with E-state index in [9.17, 15) is 0 Å². The Hall–Kier alpha value is -0.426. The Bertz CT molecular complexity index is 903. The lowest BCUT2D eigenvalue weighted by Crippen LogP contribution is -2.49. The Morgan fingerprint density at radius 2 is 1.44 bits per heavy atom. The summed E-state index contributed by atoms with van der Waals surface area (Å²) in [6.45, 7) is 35.7. The van der Waals surface area contributed by atoms with Crippen LogP contribution in [0.25, 0.3) is 0 Å². The maximum atomic E-state index is 7.06. The van der Waals surface area contributed by atoms with E-state index in [-0.39, 0.29) is 22.3 Å². The molecular formula is C35H64O2Si2. The lowest BCUT2D eigenvalue weighted by atomic mass is 9.61. The highest BCUT2D eigenvalue weighted by Gasteiger charge is 2.50. The average Bonchev–Trinajstić information content (AvgIpc) is 3.15. The minimum absolute atomic E-state index is 0.0527. The van der Waals surface area contributed by atoms with Gasteiger partial charge in [-0.05, 0) is 110 Å². The molecule has 0 bridgehead atoms. The lowest BCUT2D eigenvalue weighted by Gasteiger charge is -2.46. The van der Waals surface area contributed by atoms with Crippen LogP contribution in [0.15, 0.2) is 35.5 Å². The summed E-state index contributed by atoms with van der Waals surface area (Å²) in [7, 11) is -3.88. The molecular weight excluding hydrogens is 509 g/mol. The van der Waals surface area contributed by atoms with Crippen LogP contribution in [0.2, 0.25) is 36.3 Å². The Morgan fingerprint density at radius 3 is 1.90 bits per heavy atom. The highest BCUT2D eigenvalue weighted by molar-refractivity contribution is 6.74. The molecule has 4 heteroatoms. The molecule has 0 amide bonds. The van der Waals surface area contributed by atoms with Crippen LogP contribution < -0.4 is 0 Å². The second-order valence-corrected chi connectivity index (χ2v) is 26.3. The summed E-state index contributed by atoms with van der Waals surface area (Å²) < 4.78 is 14.1. The summed E-state index contributed by atoms with van der Waals surface area (Å²) in [5.41, 5.74) is 4.87. The maximum Gasteiger partial charge on any atom is 0.192 e. The molecule has 0 N–H and O–H groups in total. The minimum atomic E-state index is -1.94. The molecule has 0 aromatic heterocycles. The van der Waals surface area contributed by atoms with Crippen molar-refractivity contribution in [3.05, 3.63) is 35.5 Å². The third-order valence-corrected chi connectivity index (χ3v) is 21.1. The molecule has 2 nitrogen and oxygen atoms in total. The van der Waals surface area contributed by atoms with Crippen molar-refractivity contribution in [3.63, 3.8) is 0 Å². The molecule has 224 valence electrons. The molecule has 0 aromatic carbocycles. The van der Waals surface area contributed by atoms with E-state index in [4.69, 9.17) is 8.85 Å². The topological polar surface area (TPSA) is 18.5 Å². The number of allylic oxidation sites excluding steroid dienone is 3. The van der Waals surface area contributed by atoms with E-state index in [1.165, 1.54) is 49.7 Å². The zero-order valence-corrected chi connectivity index (χ0v) is 30.2. The highest BCUT2D eigenvalue weighted by atomic mass is 28.4. The number of rotatable bonds is 7. The number of hydrogen-bond acceptors (Lipinski definition) is 2. The van der Waals surface area contributed by atoms with Crippen molar-refractivity contribution in [2.75, 3.05) is 0 Å². The van der Waals surface area contributed by atoms with Crippen molar-refractivity contribution in [1.29, 1.82) is 0 Å². The van der Waals surface area contributed by atoms with Crippen molar-refractivity contribution in [2.24, 2.45) is 23.2 Å². The quantitative estimate of drug-likeness (QED) is 0.223. The summed E-state index contributed by atoms with van der Waals surface area (Å²) in [5, 5.41) is 0.348. The van der Waals surface area contributed by atoms with Gasteiger partial charge in [0.15, 0.2) is 16.6 Å². The fourth-order valence-electron chi connectivity index (χ4n) is 7.19. The van der Waals surface area contributed by atoms with Crippen LogP contribution in [0.5, 0.6) is 0 Å². The van der Waals surface area contributed by atoms with Gasteiger partial charge in [0.1, 0.15) is 0 Å². The van der Waals surface area contributed by atoms with Crippen molar-refractivity contribution >= 4 is 16.6 Å². The van der Waals surface area contributed by atoms with E-state index in [0.29, 0.717) is 5.41 Å². The normalized spacial score (nSPS) is 32.9. The Labute approximate surface area is 245 Å². The first kappa shape index (κ1) is 33.1. The first-order valence-corrected chi connectivity index (χ1v) is 22.0. The SMILES string of the molecule is C=C1[C@H](O[Si](C)(C)C(C)(C)C)CC(=C/C=C2\CCC[C@@]3(C)C2CCC3[C@H](C)CC)C[C@H]1O[Si](C)(C)C(C)(C)C. The van der Waals surface area contributed by atoms with Gasteiger partial charge in [-0.1, -0.05) is 98.6 Å². The summed E-state index contributed by atoms with van der Waals surface area (Å²) in [5.74, 6) is 2.48. The van der Waals surface area contributed by atoms with Crippen LogP contribution in [-0.2, 0) is 8.85 Å². The minimum Gasteiger partial charge on any atom is -0.410 e. The van der Waals surface area contributed by atoms with E-state index in [0.717, 1.165) is 30.6 Å². The maximum absolute atomic E-state index is 7.06. The van der Waals surface area contributed by atoms with Gasteiger partial charge in [0.25, 0.3) is 0 Å². The Kier molecular flexibility index (Phi) is 9.91. The first-order valence-electron chi connectivity index (χ1n) is 16.2. The Morgan fingerprint density at radius 1 is 0.923 bits per heavy atom. The van der Waals surface area contributed by atoms with Crippen LogP contribution in [-0.4, -0.2) is 28.8 Å². The van der Waals surface area contributed by atoms with Crippen LogP contribution in [0.1, 0.15) is 114 Å². The van der Waals surface area contributed by atoms with Gasteiger partial charge in [-0.25, -0.2) is 0 Å². The second-order valence-electron chi connectivity index (χ2n) is 16.8. The van der Waals surface area contributed by atoms with Gasteiger partial charge in [-0.3, -0.25) is 0 Å². The molecule has 2 unspecified atom stereocenters. The van der Waals surface area contributed by atoms with Crippen molar-refractivity contribution in [3.8, 4) is 0 Å². The predicted molar refractivity (Wildman–Crippen MR) is 176 cm³/mol. The third-order valence-electron chi connectivity index (χ3n) is 12.1. The Balaban J connectivity index is 1.92. The van der Waals surface area contributed by atoms with Crippen LogP contribution >= 0.6 is 0 Å². The molecule has 0 saturated heterocycles. The number of fused-ring (bicyclic) bond motifs is 1. The third kappa shape index (κ3) is 6.97. The van der Waals surface area contributed by atoms with E-state index < -0.39 is 16.6 Å². The predicted octanol–water partition coefficient (Wildman–Crippen LogP) is 11.2.